The van der Waals surface area contributed by atoms with Crippen LogP contribution in [0.25, 0.3) is 11.6 Å². The maximum absolute atomic E-state index is 9.01. The van der Waals surface area contributed by atoms with Gasteiger partial charge in [-0.2, -0.15) is 5.26 Å². The maximum Gasteiger partial charge on any atom is 0.101 e. The Hall–Kier alpha value is -2.34. The molecule has 0 saturated heterocycles. The second kappa shape index (κ2) is 4.25. The molecule has 0 saturated carbocycles. The van der Waals surface area contributed by atoms with Gasteiger partial charge >= 0.3 is 0 Å². The third-order valence-corrected chi connectivity index (χ3v) is 1.98. The number of rotatable bonds is 2. The van der Waals surface area contributed by atoms with Gasteiger partial charge in [-0.3, -0.25) is 4.98 Å². The molecule has 0 aliphatic carbocycles. The van der Waals surface area contributed by atoms with E-state index in [4.69, 9.17) is 5.26 Å². The quantitative estimate of drug-likeness (QED) is 0.748. The molecule has 1 N–H and O–H groups in total. The van der Waals surface area contributed by atoms with Crippen LogP contribution in [0.5, 0.6) is 0 Å². The monoisotopic (exact) mass is 195 g/mol. The Morgan fingerprint density at radius 1 is 1.33 bits per heavy atom. The van der Waals surface area contributed by atoms with Crippen LogP contribution in [0.4, 0.5) is 0 Å². The number of nitriles is 1. The van der Waals surface area contributed by atoms with E-state index < -0.39 is 0 Å². The van der Waals surface area contributed by atoms with Crippen LogP contribution in [0, 0.1) is 11.3 Å². The second-order valence-electron chi connectivity index (χ2n) is 3.01. The van der Waals surface area contributed by atoms with Gasteiger partial charge in [0.2, 0.25) is 0 Å². The molecule has 0 spiro atoms. The smallest absolute Gasteiger partial charge is 0.101 e. The van der Waals surface area contributed by atoms with Gasteiger partial charge in [0.15, 0.2) is 0 Å². The third kappa shape index (κ3) is 2.12. The van der Waals surface area contributed by atoms with Crippen LogP contribution < -0.4 is 0 Å². The minimum atomic E-state index is 0.554. The van der Waals surface area contributed by atoms with Gasteiger partial charge in [0.1, 0.15) is 6.07 Å². The average molecular weight is 195 g/mol. The fourth-order valence-electron chi connectivity index (χ4n) is 1.28. The van der Waals surface area contributed by atoms with Crippen molar-refractivity contribution < 1.29 is 0 Å². The lowest BCUT2D eigenvalue weighted by molar-refractivity contribution is 1.28. The summed E-state index contributed by atoms with van der Waals surface area (Å²) >= 11 is 0. The molecule has 15 heavy (non-hydrogen) atoms. The predicted molar refractivity (Wildman–Crippen MR) is 58.5 cm³/mol. The Morgan fingerprint density at radius 3 is 2.87 bits per heavy atom. The molecule has 0 fully saturated rings. The lowest BCUT2D eigenvalue weighted by atomic mass is 10.1. The second-order valence-corrected chi connectivity index (χ2v) is 3.01. The topological polar surface area (TPSA) is 52.5 Å². The van der Waals surface area contributed by atoms with E-state index in [0.29, 0.717) is 11.3 Å². The molecular formula is C12H9N3. The standard InChI is InChI=1S/C12H9N3/c13-9-10(8-11-4-3-7-14-11)12-5-1-2-6-15-12/h1-8,14H/b10-8-. The zero-order valence-corrected chi connectivity index (χ0v) is 8.01. The molecule has 0 aliphatic heterocycles. The number of aromatic nitrogens is 2. The van der Waals surface area contributed by atoms with Crippen LogP contribution in [0.15, 0.2) is 42.7 Å². The lowest BCUT2D eigenvalue weighted by Gasteiger charge is -1.95. The summed E-state index contributed by atoms with van der Waals surface area (Å²) in [6.07, 6.45) is 5.27. The number of aromatic amines is 1. The molecule has 0 bridgehead atoms. The Balaban J connectivity index is 2.38. The van der Waals surface area contributed by atoms with Crippen molar-refractivity contribution in [1.82, 2.24) is 9.97 Å². The first-order chi connectivity index (χ1) is 7.40. The van der Waals surface area contributed by atoms with Crippen LogP contribution in [0.2, 0.25) is 0 Å². The van der Waals surface area contributed by atoms with Gasteiger partial charge in [-0.05, 0) is 30.3 Å². The molecular weight excluding hydrogens is 186 g/mol. The van der Waals surface area contributed by atoms with E-state index in [2.05, 4.69) is 16.0 Å². The summed E-state index contributed by atoms with van der Waals surface area (Å²) in [6.45, 7) is 0. The Morgan fingerprint density at radius 2 is 2.27 bits per heavy atom. The van der Waals surface area contributed by atoms with E-state index in [9.17, 15) is 0 Å². The first-order valence-corrected chi connectivity index (χ1v) is 4.57. The number of nitrogens with zero attached hydrogens (tertiary/aromatic N) is 2. The number of hydrogen-bond acceptors (Lipinski definition) is 2. The van der Waals surface area contributed by atoms with Crippen molar-refractivity contribution in [1.29, 1.82) is 5.26 Å². The van der Waals surface area contributed by atoms with Gasteiger partial charge in [-0.25, -0.2) is 0 Å². The fraction of sp³-hybridized carbons (Fsp3) is 0. The van der Waals surface area contributed by atoms with E-state index >= 15 is 0 Å². The molecule has 0 atom stereocenters. The third-order valence-electron chi connectivity index (χ3n) is 1.98. The van der Waals surface area contributed by atoms with Crippen molar-refractivity contribution in [2.45, 2.75) is 0 Å². The molecule has 0 unspecified atom stereocenters. The number of allylic oxidation sites excluding steroid dienone is 1. The first kappa shape index (κ1) is 9.22. The number of hydrogen-bond donors (Lipinski definition) is 1. The van der Waals surface area contributed by atoms with Crippen molar-refractivity contribution in [3.05, 3.63) is 54.1 Å². The van der Waals surface area contributed by atoms with Crippen molar-refractivity contribution in [3.63, 3.8) is 0 Å². The zero-order valence-electron chi connectivity index (χ0n) is 8.01. The molecule has 0 amide bonds. The highest BCUT2D eigenvalue weighted by molar-refractivity contribution is 5.87. The Labute approximate surface area is 87.7 Å². The lowest BCUT2D eigenvalue weighted by Crippen LogP contribution is -1.85. The van der Waals surface area contributed by atoms with Crippen molar-refractivity contribution in [2.75, 3.05) is 0 Å². The van der Waals surface area contributed by atoms with Crippen LogP contribution >= 0.6 is 0 Å². The fourth-order valence-corrected chi connectivity index (χ4v) is 1.28. The summed E-state index contributed by atoms with van der Waals surface area (Å²) in [7, 11) is 0. The number of nitrogens with one attached hydrogen (secondary N) is 1. The highest BCUT2D eigenvalue weighted by atomic mass is 14.7. The Bertz CT molecular complexity index is 489. The average Bonchev–Trinajstić information content (AvgIpc) is 2.80. The van der Waals surface area contributed by atoms with Gasteiger partial charge in [-0.1, -0.05) is 6.07 Å². The highest BCUT2D eigenvalue weighted by Crippen LogP contribution is 2.13. The molecule has 2 heterocycles. The molecule has 2 rings (SSSR count). The summed E-state index contributed by atoms with van der Waals surface area (Å²) in [5.41, 5.74) is 2.14. The van der Waals surface area contributed by atoms with E-state index in [-0.39, 0.29) is 0 Å². The van der Waals surface area contributed by atoms with E-state index in [1.807, 2.05) is 36.5 Å². The first-order valence-electron chi connectivity index (χ1n) is 4.57. The van der Waals surface area contributed by atoms with Crippen LogP contribution in [-0.4, -0.2) is 9.97 Å². The summed E-state index contributed by atoms with van der Waals surface area (Å²) in [5, 5.41) is 9.01. The van der Waals surface area contributed by atoms with Gasteiger partial charge < -0.3 is 4.98 Å². The molecule has 2 aromatic heterocycles. The molecule has 3 nitrogen and oxygen atoms in total. The minimum absolute atomic E-state index is 0.554. The van der Waals surface area contributed by atoms with E-state index in [1.54, 1.807) is 12.3 Å². The Kier molecular flexibility index (Phi) is 2.61. The number of H-pyrrole nitrogens is 1. The number of pyridine rings is 1. The summed E-state index contributed by atoms with van der Waals surface area (Å²) in [5.74, 6) is 0. The summed E-state index contributed by atoms with van der Waals surface area (Å²) < 4.78 is 0. The van der Waals surface area contributed by atoms with Gasteiger partial charge in [-0.15, -0.1) is 0 Å². The molecule has 72 valence electrons. The molecule has 0 radical (unpaired) electrons. The van der Waals surface area contributed by atoms with Crippen molar-refractivity contribution in [3.8, 4) is 6.07 Å². The van der Waals surface area contributed by atoms with Gasteiger partial charge in [0, 0.05) is 18.1 Å². The van der Waals surface area contributed by atoms with Crippen molar-refractivity contribution >= 4 is 11.6 Å². The maximum atomic E-state index is 9.01. The van der Waals surface area contributed by atoms with Crippen LogP contribution in [-0.2, 0) is 0 Å². The van der Waals surface area contributed by atoms with Crippen LogP contribution in [0.3, 0.4) is 0 Å². The van der Waals surface area contributed by atoms with Crippen molar-refractivity contribution in [2.24, 2.45) is 0 Å². The summed E-state index contributed by atoms with van der Waals surface area (Å²) in [4.78, 5) is 7.14. The molecule has 3 heteroatoms. The van der Waals surface area contributed by atoms with Gasteiger partial charge in [0.05, 0.1) is 11.3 Å². The SMILES string of the molecule is N#C/C(=C/c1ccc[nH]1)c1ccccn1. The summed E-state index contributed by atoms with van der Waals surface area (Å²) in [6, 6.07) is 11.4. The van der Waals surface area contributed by atoms with E-state index in [0.717, 1.165) is 5.69 Å². The normalized spacial score (nSPS) is 11.0. The largest absolute Gasteiger partial charge is 0.362 e. The zero-order chi connectivity index (χ0) is 10.5. The highest BCUT2D eigenvalue weighted by Gasteiger charge is 2.00. The predicted octanol–water partition coefficient (Wildman–Crippen LogP) is 2.47. The molecule has 0 aliphatic rings. The molecule has 2 aromatic rings. The van der Waals surface area contributed by atoms with Gasteiger partial charge in [0.25, 0.3) is 0 Å². The molecule has 0 aromatic carbocycles. The van der Waals surface area contributed by atoms with E-state index in [1.165, 1.54) is 0 Å². The minimum Gasteiger partial charge on any atom is -0.362 e. The van der Waals surface area contributed by atoms with Crippen LogP contribution in [0.1, 0.15) is 11.4 Å².